The van der Waals surface area contributed by atoms with Crippen molar-refractivity contribution in [1.82, 2.24) is 0 Å². The zero-order chi connectivity index (χ0) is 41.2. The summed E-state index contributed by atoms with van der Waals surface area (Å²) < 4.78 is 7.04. The highest BCUT2D eigenvalue weighted by Gasteiger charge is 2.52. The highest BCUT2D eigenvalue weighted by molar-refractivity contribution is 6.23. The van der Waals surface area contributed by atoms with Crippen LogP contribution in [0.3, 0.4) is 0 Å². The molecular weight excluding hydrogens is 763 g/mol. The molecule has 0 fully saturated rings. The SMILES string of the molecule is c1ccc2c(c1)-c1ccccc1C21c2ccccc2-c2c(-c3cc4c(oc5cccc(N(c6ccc7ccccc7c6)c6ccc7ccccc7c6)c54)c4ccccc34)cccc21. The number of anilines is 3. The second-order valence-electron chi connectivity index (χ2n) is 17.1. The molecule has 0 radical (unpaired) electrons. The Morgan fingerprint density at radius 1 is 0.333 bits per heavy atom. The van der Waals surface area contributed by atoms with Gasteiger partial charge in [0.1, 0.15) is 11.2 Å². The summed E-state index contributed by atoms with van der Waals surface area (Å²) in [4.78, 5) is 2.42. The molecule has 63 heavy (non-hydrogen) atoms. The molecule has 0 aliphatic heterocycles. The van der Waals surface area contributed by atoms with Gasteiger partial charge in [-0.15, -0.1) is 0 Å². The van der Waals surface area contributed by atoms with Crippen LogP contribution in [0.2, 0.25) is 0 Å². The third-order valence-corrected chi connectivity index (χ3v) is 14.0. The molecule has 2 aliphatic rings. The molecule has 11 aromatic carbocycles. The van der Waals surface area contributed by atoms with E-state index in [4.69, 9.17) is 4.42 Å². The Kier molecular flexibility index (Phi) is 7.07. The van der Waals surface area contributed by atoms with Gasteiger partial charge in [0.25, 0.3) is 0 Å². The zero-order valence-electron chi connectivity index (χ0n) is 34.2. The molecule has 0 N–H and O–H groups in total. The van der Waals surface area contributed by atoms with Crippen LogP contribution in [0.25, 0.3) is 87.6 Å². The van der Waals surface area contributed by atoms with Crippen molar-refractivity contribution in [2.24, 2.45) is 0 Å². The van der Waals surface area contributed by atoms with E-state index in [-0.39, 0.29) is 0 Å². The molecule has 2 nitrogen and oxygen atoms in total. The number of nitrogens with zero attached hydrogens (tertiary/aromatic N) is 1. The summed E-state index contributed by atoms with van der Waals surface area (Å²) in [7, 11) is 0. The van der Waals surface area contributed by atoms with Gasteiger partial charge in [-0.05, 0) is 125 Å². The lowest BCUT2D eigenvalue weighted by Crippen LogP contribution is -2.25. The van der Waals surface area contributed by atoms with Crippen molar-refractivity contribution in [3.63, 3.8) is 0 Å². The van der Waals surface area contributed by atoms with E-state index in [0.717, 1.165) is 44.4 Å². The maximum atomic E-state index is 7.04. The number of fused-ring (bicyclic) bond motifs is 17. The minimum Gasteiger partial charge on any atom is -0.455 e. The quantitative estimate of drug-likeness (QED) is 0.176. The van der Waals surface area contributed by atoms with Crippen LogP contribution in [0.5, 0.6) is 0 Å². The predicted molar refractivity (Wildman–Crippen MR) is 263 cm³/mol. The molecule has 2 aliphatic carbocycles. The molecule has 0 unspecified atom stereocenters. The zero-order valence-corrected chi connectivity index (χ0v) is 34.2. The lowest BCUT2D eigenvalue weighted by Gasteiger charge is -2.30. The van der Waals surface area contributed by atoms with E-state index >= 15 is 0 Å². The van der Waals surface area contributed by atoms with Crippen molar-refractivity contribution < 1.29 is 4.42 Å². The molecule has 1 heterocycles. The topological polar surface area (TPSA) is 16.4 Å². The molecule has 2 heteroatoms. The fraction of sp³-hybridized carbons (Fsp3) is 0.0164. The summed E-state index contributed by atoms with van der Waals surface area (Å²) in [5.74, 6) is 0. The minimum atomic E-state index is -0.426. The van der Waals surface area contributed by atoms with Gasteiger partial charge < -0.3 is 9.32 Å². The average Bonchev–Trinajstić information content (AvgIpc) is 3.99. The molecule has 14 rings (SSSR count). The smallest absolute Gasteiger partial charge is 0.143 e. The first-order chi connectivity index (χ1) is 31.3. The first kappa shape index (κ1) is 34.5. The van der Waals surface area contributed by atoms with Crippen LogP contribution in [0, 0.1) is 0 Å². The number of rotatable bonds is 4. The standard InChI is InChI=1S/C61H37NO/c1-3-17-40-35-42(33-31-38(40)15-1)62(43-34-32-39-16-2-4-18-41(39)36-43)56-29-14-30-57-59(56)51-37-50(44-19-5-6-22-48(44)60(51)63-57)47-24-13-28-55-58(47)49-23-9-12-27-54(49)61(55)52-25-10-7-20-45(52)46-21-8-11-26-53(46)61/h1-37H. The fourth-order valence-corrected chi connectivity index (χ4v) is 11.5. The molecule has 0 saturated carbocycles. The predicted octanol–water partition coefficient (Wildman–Crippen LogP) is 16.5. The summed E-state index contributed by atoms with van der Waals surface area (Å²) in [5, 5.41) is 9.27. The van der Waals surface area contributed by atoms with Crippen LogP contribution in [0.4, 0.5) is 17.1 Å². The lowest BCUT2D eigenvalue weighted by molar-refractivity contribution is 0.672. The van der Waals surface area contributed by atoms with Crippen molar-refractivity contribution in [2.75, 3.05) is 4.90 Å². The second-order valence-corrected chi connectivity index (χ2v) is 17.1. The van der Waals surface area contributed by atoms with E-state index in [9.17, 15) is 0 Å². The Bertz CT molecular complexity index is 3760. The minimum absolute atomic E-state index is 0.426. The molecule has 1 aromatic heterocycles. The van der Waals surface area contributed by atoms with Crippen molar-refractivity contribution in [3.05, 3.63) is 247 Å². The van der Waals surface area contributed by atoms with Crippen LogP contribution < -0.4 is 4.90 Å². The molecule has 12 aromatic rings. The van der Waals surface area contributed by atoms with Crippen molar-refractivity contribution in [3.8, 4) is 33.4 Å². The van der Waals surface area contributed by atoms with Crippen molar-refractivity contribution in [1.29, 1.82) is 0 Å². The largest absolute Gasteiger partial charge is 0.455 e. The molecule has 0 saturated heterocycles. The van der Waals surface area contributed by atoms with E-state index in [1.807, 2.05) is 0 Å². The van der Waals surface area contributed by atoms with Gasteiger partial charge in [0.2, 0.25) is 0 Å². The Balaban J connectivity index is 1.07. The lowest BCUT2D eigenvalue weighted by atomic mass is 9.70. The summed E-state index contributed by atoms with van der Waals surface area (Å²) in [6, 6.07) is 82.8. The third kappa shape index (κ3) is 4.67. The molecule has 0 amide bonds. The summed E-state index contributed by atoms with van der Waals surface area (Å²) in [5.41, 5.74) is 17.6. The summed E-state index contributed by atoms with van der Waals surface area (Å²) >= 11 is 0. The van der Waals surface area contributed by atoms with E-state index in [1.54, 1.807) is 0 Å². The average molecular weight is 800 g/mol. The van der Waals surface area contributed by atoms with Crippen LogP contribution in [0.15, 0.2) is 229 Å². The third-order valence-electron chi connectivity index (χ3n) is 14.0. The highest BCUT2D eigenvalue weighted by atomic mass is 16.3. The fourth-order valence-electron chi connectivity index (χ4n) is 11.5. The molecular formula is C61H37NO. The molecule has 292 valence electrons. The van der Waals surface area contributed by atoms with Gasteiger partial charge in [-0.2, -0.15) is 0 Å². The number of benzene rings is 11. The molecule has 0 bridgehead atoms. The first-order valence-electron chi connectivity index (χ1n) is 21.8. The van der Waals surface area contributed by atoms with E-state index in [0.29, 0.717) is 0 Å². The van der Waals surface area contributed by atoms with E-state index in [1.165, 1.54) is 82.6 Å². The normalized spacial score (nSPS) is 13.2. The van der Waals surface area contributed by atoms with E-state index in [2.05, 4.69) is 229 Å². The molecule has 1 spiro atoms. The number of hydrogen-bond donors (Lipinski definition) is 0. The summed E-state index contributed by atoms with van der Waals surface area (Å²) in [6.07, 6.45) is 0. The van der Waals surface area contributed by atoms with Gasteiger partial charge in [-0.25, -0.2) is 0 Å². The highest BCUT2D eigenvalue weighted by Crippen LogP contribution is 2.64. The van der Waals surface area contributed by atoms with E-state index < -0.39 is 5.41 Å². The second kappa shape index (κ2) is 12.9. The molecule has 0 atom stereocenters. The van der Waals surface area contributed by atoms with Crippen LogP contribution in [-0.4, -0.2) is 0 Å². The number of furan rings is 1. The Labute approximate surface area is 364 Å². The van der Waals surface area contributed by atoms with Crippen LogP contribution in [-0.2, 0) is 5.41 Å². The monoisotopic (exact) mass is 799 g/mol. The Morgan fingerprint density at radius 3 is 1.51 bits per heavy atom. The van der Waals surface area contributed by atoms with Crippen LogP contribution in [0.1, 0.15) is 22.3 Å². The Hall–Kier alpha value is -8.20. The van der Waals surface area contributed by atoms with Gasteiger partial charge >= 0.3 is 0 Å². The summed E-state index contributed by atoms with van der Waals surface area (Å²) in [6.45, 7) is 0. The maximum Gasteiger partial charge on any atom is 0.143 e. The van der Waals surface area contributed by atoms with Gasteiger partial charge in [0, 0.05) is 22.1 Å². The maximum absolute atomic E-state index is 7.04. The first-order valence-corrected chi connectivity index (χ1v) is 21.8. The van der Waals surface area contributed by atoms with Gasteiger partial charge in [0.05, 0.1) is 16.5 Å². The van der Waals surface area contributed by atoms with Crippen molar-refractivity contribution >= 4 is 71.3 Å². The van der Waals surface area contributed by atoms with Gasteiger partial charge in [0.15, 0.2) is 0 Å². The van der Waals surface area contributed by atoms with Crippen molar-refractivity contribution in [2.45, 2.75) is 5.41 Å². The van der Waals surface area contributed by atoms with Crippen LogP contribution >= 0.6 is 0 Å². The van der Waals surface area contributed by atoms with Gasteiger partial charge in [-0.1, -0.05) is 182 Å². The Morgan fingerprint density at radius 2 is 0.841 bits per heavy atom. The number of hydrogen-bond acceptors (Lipinski definition) is 2. The van der Waals surface area contributed by atoms with Gasteiger partial charge in [-0.3, -0.25) is 0 Å².